The maximum absolute atomic E-state index is 12.1. The summed E-state index contributed by atoms with van der Waals surface area (Å²) in [5.41, 5.74) is 0.422. The highest BCUT2D eigenvalue weighted by Gasteiger charge is 2.30. The van der Waals surface area contributed by atoms with E-state index in [4.69, 9.17) is 0 Å². The molecule has 0 unspecified atom stereocenters. The molecule has 0 aromatic rings. The van der Waals surface area contributed by atoms with Gasteiger partial charge in [-0.25, -0.2) is 0 Å². The van der Waals surface area contributed by atoms with E-state index in [9.17, 15) is 4.79 Å². The summed E-state index contributed by atoms with van der Waals surface area (Å²) in [6.07, 6.45) is 4.88. The number of carbonyl (C=O) groups excluding carboxylic acids is 1. The minimum Gasteiger partial charge on any atom is -0.342 e. The summed E-state index contributed by atoms with van der Waals surface area (Å²) in [6, 6.07) is 0. The van der Waals surface area contributed by atoms with Crippen LogP contribution in [0.15, 0.2) is 0 Å². The molecule has 2 aliphatic rings. The lowest BCUT2D eigenvalue weighted by atomic mass is 9.75. The molecule has 0 radical (unpaired) electrons. The number of piperidine rings is 1. The predicted octanol–water partition coefficient (Wildman–Crippen LogP) is 2.37. The summed E-state index contributed by atoms with van der Waals surface area (Å²) in [4.78, 5) is 16.5. The molecule has 0 N–H and O–H groups in total. The van der Waals surface area contributed by atoms with E-state index in [1.54, 1.807) is 0 Å². The van der Waals surface area contributed by atoms with Crippen LogP contribution in [0.1, 0.15) is 46.5 Å². The molecular formula is C15H28N2O. The van der Waals surface area contributed by atoms with Crippen molar-refractivity contribution in [1.29, 1.82) is 0 Å². The molecule has 0 aliphatic carbocycles. The van der Waals surface area contributed by atoms with E-state index in [1.807, 2.05) is 4.90 Å². The zero-order valence-electron chi connectivity index (χ0n) is 12.2. The van der Waals surface area contributed by atoms with Gasteiger partial charge in [0, 0.05) is 13.1 Å². The second-order valence-electron chi connectivity index (χ2n) is 7.00. The van der Waals surface area contributed by atoms with Gasteiger partial charge in [0.25, 0.3) is 0 Å². The Morgan fingerprint density at radius 2 is 1.61 bits per heavy atom. The summed E-state index contributed by atoms with van der Waals surface area (Å²) >= 11 is 0. The van der Waals surface area contributed by atoms with Crippen molar-refractivity contribution in [3.63, 3.8) is 0 Å². The molecule has 0 aromatic heterocycles. The van der Waals surface area contributed by atoms with Gasteiger partial charge in [-0.05, 0) is 50.1 Å². The fraction of sp³-hybridized carbons (Fsp3) is 0.933. The largest absolute Gasteiger partial charge is 0.342 e. The van der Waals surface area contributed by atoms with Crippen molar-refractivity contribution in [2.45, 2.75) is 46.5 Å². The van der Waals surface area contributed by atoms with Gasteiger partial charge in [0.15, 0.2) is 0 Å². The molecule has 0 aromatic carbocycles. The van der Waals surface area contributed by atoms with Gasteiger partial charge in [0.1, 0.15) is 0 Å². The van der Waals surface area contributed by atoms with E-state index >= 15 is 0 Å². The van der Waals surface area contributed by atoms with E-state index in [0.29, 0.717) is 17.9 Å². The molecule has 2 fully saturated rings. The molecule has 2 rings (SSSR count). The second-order valence-corrected chi connectivity index (χ2v) is 7.00. The first-order valence-electron chi connectivity index (χ1n) is 7.47. The molecule has 2 aliphatic heterocycles. The van der Waals surface area contributed by atoms with E-state index in [1.165, 1.54) is 25.7 Å². The third-order valence-electron chi connectivity index (χ3n) is 4.63. The molecule has 18 heavy (non-hydrogen) atoms. The average Bonchev–Trinajstić information content (AvgIpc) is 2.82. The maximum Gasteiger partial charge on any atom is 0.236 e. The van der Waals surface area contributed by atoms with E-state index in [-0.39, 0.29) is 0 Å². The van der Waals surface area contributed by atoms with Crippen LogP contribution in [0.5, 0.6) is 0 Å². The molecular weight excluding hydrogens is 224 g/mol. The van der Waals surface area contributed by atoms with Crippen molar-refractivity contribution >= 4 is 5.91 Å². The van der Waals surface area contributed by atoms with Crippen LogP contribution in [0.25, 0.3) is 0 Å². The Kier molecular flexibility index (Phi) is 4.31. The standard InChI is InChI=1S/C15H28N2O/c1-15(2,3)13-6-10-16(11-7-13)12-14(18)17-8-4-5-9-17/h13H,4-12H2,1-3H3. The number of hydrogen-bond acceptors (Lipinski definition) is 2. The highest BCUT2D eigenvalue weighted by Crippen LogP contribution is 2.34. The molecule has 3 nitrogen and oxygen atoms in total. The Morgan fingerprint density at radius 3 is 2.11 bits per heavy atom. The first-order valence-corrected chi connectivity index (χ1v) is 7.47. The van der Waals surface area contributed by atoms with Crippen LogP contribution in [0, 0.1) is 11.3 Å². The van der Waals surface area contributed by atoms with Crippen molar-refractivity contribution in [2.24, 2.45) is 11.3 Å². The predicted molar refractivity (Wildman–Crippen MR) is 74.4 cm³/mol. The zero-order valence-corrected chi connectivity index (χ0v) is 12.2. The Bertz CT molecular complexity index is 281. The van der Waals surface area contributed by atoms with Crippen LogP contribution in [0.2, 0.25) is 0 Å². The molecule has 104 valence electrons. The first kappa shape index (κ1) is 13.9. The Hall–Kier alpha value is -0.570. The van der Waals surface area contributed by atoms with E-state index < -0.39 is 0 Å². The van der Waals surface area contributed by atoms with Crippen LogP contribution in [0.4, 0.5) is 0 Å². The van der Waals surface area contributed by atoms with Gasteiger partial charge in [-0.15, -0.1) is 0 Å². The topological polar surface area (TPSA) is 23.6 Å². The smallest absolute Gasteiger partial charge is 0.236 e. The summed E-state index contributed by atoms with van der Waals surface area (Å²) in [5.74, 6) is 1.16. The molecule has 1 amide bonds. The Balaban J connectivity index is 1.75. The van der Waals surface area contributed by atoms with Crippen molar-refractivity contribution in [3.8, 4) is 0 Å². The second kappa shape index (κ2) is 5.60. The van der Waals surface area contributed by atoms with Gasteiger partial charge in [0.05, 0.1) is 6.54 Å². The number of likely N-dealkylation sites (tertiary alicyclic amines) is 2. The van der Waals surface area contributed by atoms with Crippen molar-refractivity contribution in [3.05, 3.63) is 0 Å². The number of hydrogen-bond donors (Lipinski definition) is 0. The van der Waals surface area contributed by atoms with Gasteiger partial charge < -0.3 is 4.90 Å². The summed E-state index contributed by atoms with van der Waals surface area (Å²) in [6.45, 7) is 11.8. The van der Waals surface area contributed by atoms with Crippen LogP contribution in [-0.2, 0) is 4.79 Å². The Morgan fingerprint density at radius 1 is 1.06 bits per heavy atom. The normalized spacial score (nSPS) is 23.6. The van der Waals surface area contributed by atoms with E-state index in [0.717, 1.165) is 32.1 Å². The summed E-state index contributed by atoms with van der Waals surface area (Å²) < 4.78 is 0. The number of carbonyl (C=O) groups is 1. The quantitative estimate of drug-likeness (QED) is 0.753. The highest BCUT2D eigenvalue weighted by molar-refractivity contribution is 5.78. The van der Waals surface area contributed by atoms with Gasteiger partial charge in [-0.3, -0.25) is 9.69 Å². The molecule has 2 saturated heterocycles. The number of amides is 1. The minimum atomic E-state index is 0.349. The van der Waals surface area contributed by atoms with Gasteiger partial charge >= 0.3 is 0 Å². The first-order chi connectivity index (χ1) is 8.47. The van der Waals surface area contributed by atoms with Gasteiger partial charge in [-0.1, -0.05) is 20.8 Å². The molecule has 0 saturated carbocycles. The van der Waals surface area contributed by atoms with Crippen LogP contribution < -0.4 is 0 Å². The number of rotatable bonds is 2. The fourth-order valence-corrected chi connectivity index (χ4v) is 3.21. The van der Waals surface area contributed by atoms with Crippen LogP contribution in [-0.4, -0.2) is 48.4 Å². The third kappa shape index (κ3) is 3.47. The van der Waals surface area contributed by atoms with Gasteiger partial charge in [-0.2, -0.15) is 0 Å². The fourth-order valence-electron chi connectivity index (χ4n) is 3.21. The lowest BCUT2D eigenvalue weighted by Gasteiger charge is -2.38. The zero-order chi connectivity index (χ0) is 13.2. The molecule has 0 bridgehead atoms. The maximum atomic E-state index is 12.1. The van der Waals surface area contributed by atoms with Crippen molar-refractivity contribution in [2.75, 3.05) is 32.7 Å². The lowest BCUT2D eigenvalue weighted by Crippen LogP contribution is -2.44. The summed E-state index contributed by atoms with van der Waals surface area (Å²) in [7, 11) is 0. The average molecular weight is 252 g/mol. The summed E-state index contributed by atoms with van der Waals surface area (Å²) in [5, 5.41) is 0. The van der Waals surface area contributed by atoms with Crippen molar-refractivity contribution < 1.29 is 4.79 Å². The van der Waals surface area contributed by atoms with Gasteiger partial charge in [0.2, 0.25) is 5.91 Å². The van der Waals surface area contributed by atoms with E-state index in [2.05, 4.69) is 25.7 Å². The molecule has 0 spiro atoms. The highest BCUT2D eigenvalue weighted by atomic mass is 16.2. The van der Waals surface area contributed by atoms with Crippen LogP contribution in [0.3, 0.4) is 0 Å². The Labute approximate surface area is 112 Å². The third-order valence-corrected chi connectivity index (χ3v) is 4.63. The monoisotopic (exact) mass is 252 g/mol. The molecule has 3 heteroatoms. The minimum absolute atomic E-state index is 0.349. The molecule has 2 heterocycles. The number of nitrogens with zero attached hydrogens (tertiary/aromatic N) is 2. The SMILES string of the molecule is CC(C)(C)C1CCN(CC(=O)N2CCCC2)CC1. The van der Waals surface area contributed by atoms with Crippen LogP contribution >= 0.6 is 0 Å². The lowest BCUT2D eigenvalue weighted by molar-refractivity contribution is -0.131. The van der Waals surface area contributed by atoms with Crippen molar-refractivity contribution in [1.82, 2.24) is 9.80 Å². The molecule has 0 atom stereocenters.